The molecule has 0 aliphatic carbocycles. The largest absolute Gasteiger partial charge is 0.478 e. The minimum atomic E-state index is -1.04. The molecule has 2 aromatic rings. The molecule has 0 aliphatic heterocycles. The number of halogens is 1. The van der Waals surface area contributed by atoms with Gasteiger partial charge in [0.05, 0.1) is 17.1 Å². The molecule has 0 amide bonds. The first-order valence-corrected chi connectivity index (χ1v) is 7.03. The summed E-state index contributed by atoms with van der Waals surface area (Å²) in [5, 5.41) is 11.2. The fourth-order valence-electron chi connectivity index (χ4n) is 1.71. The average Bonchev–Trinajstić information content (AvgIpc) is 2.89. The van der Waals surface area contributed by atoms with Crippen LogP contribution in [-0.2, 0) is 6.54 Å². The maximum atomic E-state index is 11.1. The molecule has 19 heavy (non-hydrogen) atoms. The molecule has 0 unspecified atom stereocenters. The number of hydrogen-bond donors (Lipinski definition) is 1. The predicted molar refractivity (Wildman–Crippen MR) is 77.2 cm³/mol. The molecule has 1 N–H and O–H groups in total. The zero-order valence-corrected chi connectivity index (χ0v) is 11.9. The van der Waals surface area contributed by atoms with Crippen LogP contribution in [0.15, 0.2) is 29.8 Å². The van der Waals surface area contributed by atoms with Crippen molar-refractivity contribution in [3.05, 3.63) is 45.2 Å². The van der Waals surface area contributed by atoms with Crippen LogP contribution in [0, 0.1) is 0 Å². The van der Waals surface area contributed by atoms with Crippen molar-refractivity contribution in [1.82, 2.24) is 4.98 Å². The van der Waals surface area contributed by atoms with Crippen molar-refractivity contribution < 1.29 is 9.90 Å². The van der Waals surface area contributed by atoms with Crippen LogP contribution in [0.2, 0.25) is 5.02 Å². The van der Waals surface area contributed by atoms with E-state index >= 15 is 0 Å². The fraction of sp³-hybridized carbons (Fsp3) is 0.231. The van der Waals surface area contributed by atoms with E-state index in [0.29, 0.717) is 12.4 Å². The number of pyridine rings is 1. The molecule has 0 atom stereocenters. The Hall–Kier alpha value is -1.59. The molecule has 0 fully saturated rings. The predicted octanol–water partition coefficient (Wildman–Crippen LogP) is 3.52. The van der Waals surface area contributed by atoms with Gasteiger partial charge >= 0.3 is 5.97 Å². The van der Waals surface area contributed by atoms with Crippen molar-refractivity contribution >= 4 is 34.7 Å². The molecule has 0 spiro atoms. The summed E-state index contributed by atoms with van der Waals surface area (Å²) in [6.45, 7) is 3.46. The van der Waals surface area contributed by atoms with E-state index < -0.39 is 5.97 Å². The van der Waals surface area contributed by atoms with Crippen LogP contribution in [0.1, 0.15) is 22.2 Å². The smallest absolute Gasteiger partial charge is 0.337 e. The molecule has 4 nitrogen and oxygen atoms in total. The molecule has 0 saturated carbocycles. The fourth-order valence-corrected chi connectivity index (χ4v) is 2.61. The molecule has 2 heterocycles. The third-order valence-electron chi connectivity index (χ3n) is 2.70. The highest BCUT2D eigenvalue weighted by molar-refractivity contribution is 7.09. The second kappa shape index (κ2) is 6.04. The van der Waals surface area contributed by atoms with Crippen LogP contribution in [0.4, 0.5) is 5.82 Å². The second-order valence-corrected chi connectivity index (χ2v) is 5.36. The van der Waals surface area contributed by atoms with Gasteiger partial charge in [-0.1, -0.05) is 17.7 Å². The van der Waals surface area contributed by atoms with E-state index in [1.807, 2.05) is 29.3 Å². The minimum Gasteiger partial charge on any atom is -0.478 e. The molecule has 0 aliphatic rings. The van der Waals surface area contributed by atoms with E-state index in [9.17, 15) is 4.79 Å². The van der Waals surface area contributed by atoms with Gasteiger partial charge in [-0.15, -0.1) is 11.3 Å². The van der Waals surface area contributed by atoms with E-state index in [4.69, 9.17) is 16.7 Å². The zero-order valence-electron chi connectivity index (χ0n) is 10.3. The molecule has 2 rings (SSSR count). The average molecular weight is 297 g/mol. The normalized spacial score (nSPS) is 10.4. The summed E-state index contributed by atoms with van der Waals surface area (Å²) in [7, 11) is 0. The molecule has 0 radical (unpaired) electrons. The maximum absolute atomic E-state index is 11.1. The van der Waals surface area contributed by atoms with Crippen LogP contribution in [0.5, 0.6) is 0 Å². The highest BCUT2D eigenvalue weighted by Gasteiger charge is 2.14. The zero-order chi connectivity index (χ0) is 13.8. The number of thiophene rings is 1. The van der Waals surface area contributed by atoms with Gasteiger partial charge in [-0.2, -0.15) is 0 Å². The van der Waals surface area contributed by atoms with E-state index in [0.717, 1.165) is 6.54 Å². The van der Waals surface area contributed by atoms with Gasteiger partial charge in [-0.3, -0.25) is 0 Å². The Bertz CT molecular complexity index is 572. The van der Waals surface area contributed by atoms with Crippen molar-refractivity contribution in [1.29, 1.82) is 0 Å². The molecular weight excluding hydrogens is 284 g/mol. The van der Waals surface area contributed by atoms with E-state index in [-0.39, 0.29) is 10.6 Å². The van der Waals surface area contributed by atoms with Gasteiger partial charge in [0.1, 0.15) is 5.82 Å². The Morgan fingerprint density at radius 1 is 1.58 bits per heavy atom. The van der Waals surface area contributed by atoms with Crippen LogP contribution in [-0.4, -0.2) is 22.6 Å². The lowest BCUT2D eigenvalue weighted by Crippen LogP contribution is -2.23. The lowest BCUT2D eigenvalue weighted by atomic mass is 10.2. The quantitative estimate of drug-likeness (QED) is 0.917. The topological polar surface area (TPSA) is 53.4 Å². The van der Waals surface area contributed by atoms with Crippen molar-refractivity contribution in [2.45, 2.75) is 13.5 Å². The summed E-state index contributed by atoms with van der Waals surface area (Å²) < 4.78 is 0. The summed E-state index contributed by atoms with van der Waals surface area (Å²) in [6, 6.07) is 5.55. The van der Waals surface area contributed by atoms with Gasteiger partial charge in [-0.05, 0) is 24.4 Å². The van der Waals surface area contributed by atoms with E-state index in [1.165, 1.54) is 17.1 Å². The summed E-state index contributed by atoms with van der Waals surface area (Å²) in [5.74, 6) is -0.418. The van der Waals surface area contributed by atoms with Gasteiger partial charge in [0.15, 0.2) is 0 Å². The first kappa shape index (κ1) is 13.8. The Morgan fingerprint density at radius 2 is 2.37 bits per heavy atom. The highest BCUT2D eigenvalue weighted by Crippen LogP contribution is 2.22. The second-order valence-electron chi connectivity index (χ2n) is 3.92. The van der Waals surface area contributed by atoms with Gasteiger partial charge in [-0.25, -0.2) is 9.78 Å². The standard InChI is InChI=1S/C13H13ClN2O2S/c1-2-16(8-9-4-3-5-19-9)12-6-10(13(17)18)11(14)7-15-12/h3-7H,2,8H2,1H3,(H,17,18). The first-order valence-electron chi connectivity index (χ1n) is 5.78. The van der Waals surface area contributed by atoms with Gasteiger partial charge in [0.25, 0.3) is 0 Å². The van der Waals surface area contributed by atoms with Crippen LogP contribution < -0.4 is 4.90 Å². The number of aromatic nitrogens is 1. The van der Waals surface area contributed by atoms with Crippen molar-refractivity contribution in [3.63, 3.8) is 0 Å². The molecular formula is C13H13ClN2O2S. The van der Waals surface area contributed by atoms with E-state index in [1.54, 1.807) is 11.3 Å². The van der Waals surface area contributed by atoms with Gasteiger partial charge < -0.3 is 10.0 Å². The summed E-state index contributed by atoms with van der Waals surface area (Å²) >= 11 is 7.49. The number of aromatic carboxylic acids is 1. The van der Waals surface area contributed by atoms with Gasteiger partial charge in [0.2, 0.25) is 0 Å². The molecule has 2 aromatic heterocycles. The number of rotatable bonds is 5. The maximum Gasteiger partial charge on any atom is 0.337 e. The van der Waals surface area contributed by atoms with E-state index in [2.05, 4.69) is 4.98 Å². The SMILES string of the molecule is CCN(Cc1cccs1)c1cc(C(=O)O)c(Cl)cn1. The molecule has 6 heteroatoms. The monoisotopic (exact) mass is 296 g/mol. The molecule has 0 saturated heterocycles. The Morgan fingerprint density at radius 3 is 2.95 bits per heavy atom. The number of carbonyl (C=O) groups is 1. The lowest BCUT2D eigenvalue weighted by molar-refractivity contribution is 0.0697. The lowest BCUT2D eigenvalue weighted by Gasteiger charge is -2.21. The third kappa shape index (κ3) is 3.24. The number of nitrogens with zero attached hydrogens (tertiary/aromatic N) is 2. The third-order valence-corrected chi connectivity index (χ3v) is 3.87. The summed E-state index contributed by atoms with van der Waals surface area (Å²) in [6.07, 6.45) is 1.39. The van der Waals surface area contributed by atoms with Crippen LogP contribution in [0.25, 0.3) is 0 Å². The van der Waals surface area contributed by atoms with Gasteiger partial charge in [0, 0.05) is 17.6 Å². The molecule has 100 valence electrons. The first-order chi connectivity index (χ1) is 9.11. The number of carboxylic acids is 1. The highest BCUT2D eigenvalue weighted by atomic mass is 35.5. The summed E-state index contributed by atoms with van der Waals surface area (Å²) in [4.78, 5) is 18.5. The summed E-state index contributed by atoms with van der Waals surface area (Å²) in [5.41, 5.74) is 0.0799. The van der Waals surface area contributed by atoms with Crippen molar-refractivity contribution in [2.24, 2.45) is 0 Å². The Kier molecular flexibility index (Phi) is 4.39. The number of anilines is 1. The molecule has 0 bridgehead atoms. The minimum absolute atomic E-state index is 0.0799. The number of hydrogen-bond acceptors (Lipinski definition) is 4. The van der Waals surface area contributed by atoms with Crippen molar-refractivity contribution in [2.75, 3.05) is 11.4 Å². The number of carboxylic acid groups (broad SMARTS) is 1. The van der Waals surface area contributed by atoms with Crippen molar-refractivity contribution in [3.8, 4) is 0 Å². The van der Waals surface area contributed by atoms with Crippen LogP contribution >= 0.6 is 22.9 Å². The Labute approximate surface area is 120 Å². The Balaban J connectivity index is 2.28. The van der Waals surface area contributed by atoms with Crippen LogP contribution in [0.3, 0.4) is 0 Å². The molecule has 0 aromatic carbocycles.